The zero-order valence-corrected chi connectivity index (χ0v) is 12.3. The highest BCUT2D eigenvalue weighted by Crippen LogP contribution is 2.19. The second kappa shape index (κ2) is 5.44. The van der Waals surface area contributed by atoms with Crippen molar-refractivity contribution in [2.45, 2.75) is 13.8 Å². The Morgan fingerprint density at radius 1 is 0.952 bits per heavy atom. The molecule has 5 nitrogen and oxygen atoms in total. The molecule has 0 aliphatic heterocycles. The second-order valence-corrected chi connectivity index (χ2v) is 4.93. The van der Waals surface area contributed by atoms with Crippen LogP contribution < -0.4 is 10.6 Å². The van der Waals surface area contributed by atoms with Crippen molar-refractivity contribution in [1.82, 2.24) is 15.0 Å². The fourth-order valence-corrected chi connectivity index (χ4v) is 2.43. The largest absolute Gasteiger partial charge is 0.399 e. The van der Waals surface area contributed by atoms with Crippen molar-refractivity contribution >= 4 is 22.4 Å². The Bertz CT molecular complexity index is 741. The predicted molar refractivity (Wildman–Crippen MR) is 86.8 cm³/mol. The van der Waals surface area contributed by atoms with Gasteiger partial charge in [0, 0.05) is 24.5 Å². The third-order valence-electron chi connectivity index (χ3n) is 3.61. The van der Waals surface area contributed by atoms with Crippen LogP contribution in [0.5, 0.6) is 0 Å². The Kier molecular flexibility index (Phi) is 3.48. The lowest BCUT2D eigenvalue weighted by atomic mass is 10.2. The van der Waals surface area contributed by atoms with E-state index < -0.39 is 0 Å². The molecule has 0 aliphatic rings. The van der Waals surface area contributed by atoms with E-state index in [2.05, 4.69) is 41.1 Å². The van der Waals surface area contributed by atoms with E-state index in [4.69, 9.17) is 5.73 Å². The Morgan fingerprint density at radius 2 is 1.62 bits per heavy atom. The molecule has 108 valence electrons. The van der Waals surface area contributed by atoms with Crippen LogP contribution in [0.2, 0.25) is 0 Å². The first-order valence-electron chi connectivity index (χ1n) is 7.19. The van der Waals surface area contributed by atoms with Crippen molar-refractivity contribution in [2.24, 2.45) is 0 Å². The number of hydrogen-bond acceptors (Lipinski definition) is 4. The van der Waals surface area contributed by atoms with Crippen molar-refractivity contribution in [3.05, 3.63) is 42.5 Å². The lowest BCUT2D eigenvalue weighted by molar-refractivity contribution is 0.765. The van der Waals surface area contributed by atoms with Gasteiger partial charge < -0.3 is 10.6 Å². The SMILES string of the molecule is CCN(CC)c1ccc(-n2nc3ccc(N)cc3n2)cc1. The lowest BCUT2D eigenvalue weighted by Gasteiger charge is -2.20. The number of rotatable bonds is 4. The van der Waals surface area contributed by atoms with E-state index in [-0.39, 0.29) is 0 Å². The van der Waals surface area contributed by atoms with Crippen molar-refractivity contribution in [3.63, 3.8) is 0 Å². The molecule has 0 atom stereocenters. The van der Waals surface area contributed by atoms with Gasteiger partial charge in [-0.3, -0.25) is 0 Å². The molecule has 0 spiro atoms. The Hall–Kier alpha value is -2.56. The zero-order valence-electron chi connectivity index (χ0n) is 12.3. The molecule has 21 heavy (non-hydrogen) atoms. The number of nitrogen functional groups attached to an aromatic ring is 1. The summed E-state index contributed by atoms with van der Waals surface area (Å²) in [5.74, 6) is 0. The van der Waals surface area contributed by atoms with Gasteiger partial charge in [0.2, 0.25) is 0 Å². The van der Waals surface area contributed by atoms with Crippen LogP contribution in [-0.2, 0) is 0 Å². The number of hydrogen-bond donors (Lipinski definition) is 1. The molecule has 3 aromatic rings. The Labute approximate surface area is 124 Å². The summed E-state index contributed by atoms with van der Waals surface area (Å²) in [7, 11) is 0. The minimum atomic E-state index is 0.700. The molecule has 0 saturated heterocycles. The number of nitrogens with zero attached hydrogens (tertiary/aromatic N) is 4. The molecule has 5 heteroatoms. The lowest BCUT2D eigenvalue weighted by Crippen LogP contribution is -2.21. The van der Waals surface area contributed by atoms with Gasteiger partial charge in [-0.25, -0.2) is 0 Å². The number of nitrogens with two attached hydrogens (primary N) is 1. The van der Waals surface area contributed by atoms with E-state index in [9.17, 15) is 0 Å². The fraction of sp³-hybridized carbons (Fsp3) is 0.250. The average Bonchev–Trinajstić information content (AvgIpc) is 2.92. The quantitative estimate of drug-likeness (QED) is 0.747. The van der Waals surface area contributed by atoms with Gasteiger partial charge in [0.15, 0.2) is 0 Å². The number of aromatic nitrogens is 3. The molecule has 0 aliphatic carbocycles. The molecule has 1 heterocycles. The summed E-state index contributed by atoms with van der Waals surface area (Å²) < 4.78 is 0. The van der Waals surface area contributed by atoms with Crippen LogP contribution in [0, 0.1) is 0 Å². The van der Waals surface area contributed by atoms with Gasteiger partial charge in [-0.1, -0.05) is 0 Å². The summed E-state index contributed by atoms with van der Waals surface area (Å²) in [5.41, 5.74) is 10.3. The standard InChI is InChI=1S/C16H19N5/c1-3-20(4-2)13-6-8-14(9-7-13)21-18-15-10-5-12(17)11-16(15)19-21/h5-11H,3-4,17H2,1-2H3. The molecule has 0 amide bonds. The summed E-state index contributed by atoms with van der Waals surface area (Å²) in [6.45, 7) is 6.31. The van der Waals surface area contributed by atoms with Crippen LogP contribution in [0.25, 0.3) is 16.7 Å². The molecule has 2 aromatic carbocycles. The van der Waals surface area contributed by atoms with Gasteiger partial charge in [0.05, 0.1) is 5.69 Å². The molecule has 2 N–H and O–H groups in total. The van der Waals surface area contributed by atoms with Crippen molar-refractivity contribution in [3.8, 4) is 5.69 Å². The third-order valence-corrected chi connectivity index (χ3v) is 3.61. The van der Waals surface area contributed by atoms with Gasteiger partial charge >= 0.3 is 0 Å². The predicted octanol–water partition coefficient (Wildman–Crippen LogP) is 2.85. The normalized spacial score (nSPS) is 11.0. The summed E-state index contributed by atoms with van der Waals surface area (Å²) in [6.07, 6.45) is 0. The second-order valence-electron chi connectivity index (χ2n) is 4.93. The van der Waals surface area contributed by atoms with E-state index >= 15 is 0 Å². The van der Waals surface area contributed by atoms with Crippen LogP contribution in [0.3, 0.4) is 0 Å². The minimum Gasteiger partial charge on any atom is -0.399 e. The van der Waals surface area contributed by atoms with Crippen LogP contribution in [0.4, 0.5) is 11.4 Å². The van der Waals surface area contributed by atoms with Gasteiger partial charge in [-0.05, 0) is 56.3 Å². The summed E-state index contributed by atoms with van der Waals surface area (Å²) in [4.78, 5) is 3.95. The maximum Gasteiger partial charge on any atom is 0.115 e. The van der Waals surface area contributed by atoms with Gasteiger partial charge in [-0.2, -0.15) is 4.80 Å². The van der Waals surface area contributed by atoms with Crippen LogP contribution in [0.15, 0.2) is 42.5 Å². The highest BCUT2D eigenvalue weighted by Gasteiger charge is 2.06. The number of benzene rings is 2. The van der Waals surface area contributed by atoms with Gasteiger partial charge in [-0.15, -0.1) is 10.2 Å². The summed E-state index contributed by atoms with van der Waals surface area (Å²) >= 11 is 0. The Balaban J connectivity index is 1.95. The number of fused-ring (bicyclic) bond motifs is 1. The molecule has 0 saturated carbocycles. The summed E-state index contributed by atoms with van der Waals surface area (Å²) in [5, 5.41) is 8.95. The van der Waals surface area contributed by atoms with E-state index in [1.807, 2.05) is 30.3 Å². The highest BCUT2D eigenvalue weighted by atomic mass is 15.5. The van der Waals surface area contributed by atoms with E-state index in [1.54, 1.807) is 4.80 Å². The molecule has 0 bridgehead atoms. The molecule has 0 unspecified atom stereocenters. The maximum atomic E-state index is 5.77. The van der Waals surface area contributed by atoms with Crippen molar-refractivity contribution in [2.75, 3.05) is 23.7 Å². The Morgan fingerprint density at radius 3 is 2.29 bits per heavy atom. The molecular weight excluding hydrogens is 262 g/mol. The molecule has 0 radical (unpaired) electrons. The van der Waals surface area contributed by atoms with Gasteiger partial charge in [0.1, 0.15) is 11.0 Å². The van der Waals surface area contributed by atoms with Crippen LogP contribution in [0.1, 0.15) is 13.8 Å². The zero-order chi connectivity index (χ0) is 14.8. The average molecular weight is 281 g/mol. The highest BCUT2D eigenvalue weighted by molar-refractivity contribution is 5.77. The smallest absolute Gasteiger partial charge is 0.115 e. The first-order chi connectivity index (χ1) is 10.2. The van der Waals surface area contributed by atoms with E-state index in [1.165, 1.54) is 5.69 Å². The topological polar surface area (TPSA) is 60.0 Å². The van der Waals surface area contributed by atoms with Crippen LogP contribution in [-0.4, -0.2) is 28.1 Å². The molecular formula is C16H19N5. The first kappa shape index (κ1) is 13.4. The fourth-order valence-electron chi connectivity index (χ4n) is 2.43. The molecule has 3 rings (SSSR count). The number of anilines is 2. The monoisotopic (exact) mass is 281 g/mol. The van der Waals surface area contributed by atoms with Gasteiger partial charge in [0.25, 0.3) is 0 Å². The molecule has 0 fully saturated rings. The maximum absolute atomic E-state index is 5.77. The van der Waals surface area contributed by atoms with Crippen LogP contribution >= 0.6 is 0 Å². The summed E-state index contributed by atoms with van der Waals surface area (Å²) in [6, 6.07) is 13.8. The van der Waals surface area contributed by atoms with E-state index in [0.717, 1.165) is 29.8 Å². The third kappa shape index (κ3) is 2.54. The van der Waals surface area contributed by atoms with E-state index in [0.29, 0.717) is 5.69 Å². The van der Waals surface area contributed by atoms with Crippen molar-refractivity contribution < 1.29 is 0 Å². The molecule has 1 aromatic heterocycles. The first-order valence-corrected chi connectivity index (χ1v) is 7.19. The van der Waals surface area contributed by atoms with Crippen molar-refractivity contribution in [1.29, 1.82) is 0 Å². The minimum absolute atomic E-state index is 0.700.